The van der Waals surface area contributed by atoms with Crippen LogP contribution in [-0.2, 0) is 14.6 Å². The van der Waals surface area contributed by atoms with E-state index in [0.29, 0.717) is 48.9 Å². The highest BCUT2D eigenvalue weighted by molar-refractivity contribution is 7.91. The maximum absolute atomic E-state index is 13.1. The van der Waals surface area contributed by atoms with Crippen molar-refractivity contribution in [3.05, 3.63) is 53.6 Å². The fourth-order valence-electron chi connectivity index (χ4n) is 13.6. The number of benzene rings is 1. The van der Waals surface area contributed by atoms with Crippen LogP contribution in [0, 0.1) is 50.7 Å². The van der Waals surface area contributed by atoms with Crippen LogP contribution in [-0.4, -0.2) is 68.0 Å². The topological polar surface area (TPSA) is 104 Å². The first-order valence-corrected chi connectivity index (χ1v) is 21.8. The van der Waals surface area contributed by atoms with Gasteiger partial charge in [-0.25, -0.2) is 13.2 Å². The number of sulfone groups is 1. The van der Waals surface area contributed by atoms with Crippen molar-refractivity contribution >= 4 is 27.3 Å². The van der Waals surface area contributed by atoms with Crippen LogP contribution in [0.3, 0.4) is 0 Å². The molecule has 7 rings (SSSR count). The summed E-state index contributed by atoms with van der Waals surface area (Å²) in [5, 5.41) is 12.6. The summed E-state index contributed by atoms with van der Waals surface area (Å²) in [6.07, 6.45) is 19.8. The second kappa shape index (κ2) is 13.1. The van der Waals surface area contributed by atoms with Gasteiger partial charge in [-0.1, -0.05) is 65.3 Å². The molecule has 1 amide bonds. The van der Waals surface area contributed by atoms with Gasteiger partial charge in [-0.2, -0.15) is 0 Å². The minimum atomic E-state index is -2.87. The van der Waals surface area contributed by atoms with E-state index in [0.717, 1.165) is 19.4 Å². The number of fused-ring (bicyclic) bond motifs is 7. The lowest BCUT2D eigenvalue weighted by atomic mass is 9.32. The number of allylic oxidation sites excluding steroid dienone is 3. The van der Waals surface area contributed by atoms with E-state index in [4.69, 9.17) is 0 Å². The van der Waals surface area contributed by atoms with Gasteiger partial charge in [-0.15, -0.1) is 0 Å². The Hall–Kier alpha value is -2.45. The quantitative estimate of drug-likeness (QED) is 0.209. The van der Waals surface area contributed by atoms with Crippen molar-refractivity contribution in [1.29, 1.82) is 0 Å². The minimum Gasteiger partial charge on any atom is -0.478 e. The van der Waals surface area contributed by atoms with Crippen molar-refractivity contribution in [2.75, 3.05) is 37.7 Å². The fraction of sp³-hybridized carbons (Fsp3) is 0.721. The number of aromatic carboxylic acids is 1. The zero-order chi connectivity index (χ0) is 36.5. The third kappa shape index (κ3) is 6.16. The molecule has 6 aliphatic rings. The van der Waals surface area contributed by atoms with Crippen molar-refractivity contribution in [2.24, 2.45) is 50.7 Å². The van der Waals surface area contributed by atoms with Crippen LogP contribution in [0.2, 0.25) is 0 Å². The molecule has 5 fully saturated rings. The lowest BCUT2D eigenvalue weighted by Gasteiger charge is -2.72. The summed E-state index contributed by atoms with van der Waals surface area (Å²) in [5.41, 5.74) is 3.82. The molecule has 1 aliphatic heterocycles. The van der Waals surface area contributed by atoms with Gasteiger partial charge >= 0.3 is 5.97 Å². The average molecular weight is 719 g/mol. The van der Waals surface area contributed by atoms with Gasteiger partial charge in [-0.3, -0.25) is 4.79 Å². The molecule has 8 heteroatoms. The number of nitrogens with one attached hydrogen (secondary N) is 1. The second-order valence-electron chi connectivity index (χ2n) is 18.8. The van der Waals surface area contributed by atoms with Crippen LogP contribution < -0.4 is 5.32 Å². The van der Waals surface area contributed by atoms with Crippen LogP contribution in [0.25, 0.3) is 5.57 Å². The number of carboxylic acid groups (broad SMARTS) is 1. The second-order valence-corrected chi connectivity index (χ2v) is 21.1. The lowest BCUT2D eigenvalue weighted by Crippen LogP contribution is -2.64. The maximum Gasteiger partial charge on any atom is 0.335 e. The van der Waals surface area contributed by atoms with Gasteiger partial charge in [0.05, 0.1) is 17.1 Å². The number of hydrogen-bond acceptors (Lipinski definition) is 5. The van der Waals surface area contributed by atoms with Gasteiger partial charge in [0.1, 0.15) is 0 Å². The summed E-state index contributed by atoms with van der Waals surface area (Å²) >= 11 is 0. The van der Waals surface area contributed by atoms with Crippen molar-refractivity contribution in [2.45, 2.75) is 105 Å². The summed E-state index contributed by atoms with van der Waals surface area (Å²) < 4.78 is 23.4. The van der Waals surface area contributed by atoms with E-state index in [-0.39, 0.29) is 44.5 Å². The highest BCUT2D eigenvalue weighted by atomic mass is 32.2. The van der Waals surface area contributed by atoms with Crippen molar-refractivity contribution in [3.63, 3.8) is 0 Å². The van der Waals surface area contributed by atoms with Crippen LogP contribution >= 0.6 is 0 Å². The van der Waals surface area contributed by atoms with E-state index in [9.17, 15) is 23.1 Å². The molecular weight excluding hydrogens is 657 g/mol. The first kappa shape index (κ1) is 36.9. The summed E-state index contributed by atoms with van der Waals surface area (Å²) in [6, 6.07) is 7.54. The molecule has 4 saturated carbocycles. The molecular formula is C43H62N2O5S. The summed E-state index contributed by atoms with van der Waals surface area (Å²) in [5.74, 6) is 2.20. The molecule has 1 heterocycles. The Kier molecular flexibility index (Phi) is 9.50. The molecule has 1 aromatic rings. The number of carbonyl (C=O) groups is 2. The van der Waals surface area contributed by atoms with Crippen molar-refractivity contribution in [3.8, 4) is 0 Å². The summed E-state index contributed by atoms with van der Waals surface area (Å²) in [4.78, 5) is 26.8. The summed E-state index contributed by atoms with van der Waals surface area (Å²) in [7, 11) is -2.87. The van der Waals surface area contributed by atoms with E-state index in [2.05, 4.69) is 57.0 Å². The predicted octanol–water partition coefficient (Wildman–Crippen LogP) is 8.03. The zero-order valence-electron chi connectivity index (χ0n) is 31.8. The van der Waals surface area contributed by atoms with E-state index in [1.807, 2.05) is 18.2 Å². The molecule has 2 unspecified atom stereocenters. The molecule has 0 radical (unpaired) electrons. The lowest BCUT2D eigenvalue weighted by molar-refractivity contribution is -0.218. The maximum atomic E-state index is 13.1. The standard InChI is InChI=1S/C43H62N2O5S/c1-39(2)32(30-9-11-31(12-10-30)38(47)48)15-19-40(3)35(39)16-20-42(5)36(40)14-13-33-34-8-6-18-43(34,23-22-41(33,42)4)21-17-37(46)44-24-7-25-45-26-28-51(49,50)29-27-45/h9-12,15,17,21,33-36H,6-8,13-14,16,18-20,22-29H2,1-5H3,(H,44,46)(H,47,48)/b21-17+/t33-,34-,35?,36?,40+,41-,42-,43+/m1/s1. The predicted molar refractivity (Wildman–Crippen MR) is 204 cm³/mol. The van der Waals surface area contributed by atoms with Gasteiger partial charge in [0.15, 0.2) is 9.84 Å². The van der Waals surface area contributed by atoms with Crippen LogP contribution in [0.15, 0.2) is 42.5 Å². The largest absolute Gasteiger partial charge is 0.478 e. The van der Waals surface area contributed by atoms with Gasteiger partial charge in [0, 0.05) is 19.6 Å². The zero-order valence-corrected chi connectivity index (χ0v) is 32.6. The van der Waals surface area contributed by atoms with Crippen LogP contribution in [0.4, 0.5) is 0 Å². The van der Waals surface area contributed by atoms with Crippen molar-refractivity contribution in [1.82, 2.24) is 10.2 Å². The average Bonchev–Trinajstić information content (AvgIpc) is 3.51. The Morgan fingerprint density at radius 3 is 2.31 bits per heavy atom. The normalized spacial score (nSPS) is 40.0. The molecule has 280 valence electrons. The fourth-order valence-corrected chi connectivity index (χ4v) is 14.9. The van der Waals surface area contributed by atoms with Crippen LogP contribution in [0.5, 0.6) is 0 Å². The molecule has 0 aromatic heterocycles. The number of amides is 1. The van der Waals surface area contributed by atoms with Crippen LogP contribution in [0.1, 0.15) is 121 Å². The van der Waals surface area contributed by atoms with E-state index >= 15 is 0 Å². The molecule has 0 bridgehead atoms. The van der Waals surface area contributed by atoms with Crippen molar-refractivity contribution < 1.29 is 23.1 Å². The molecule has 2 N–H and O–H groups in total. The van der Waals surface area contributed by atoms with Gasteiger partial charge in [0.25, 0.3) is 0 Å². The molecule has 5 aliphatic carbocycles. The Morgan fingerprint density at radius 1 is 0.882 bits per heavy atom. The molecule has 0 spiro atoms. The molecule has 1 saturated heterocycles. The van der Waals surface area contributed by atoms with E-state index < -0.39 is 15.8 Å². The highest BCUT2D eigenvalue weighted by Gasteiger charge is 2.69. The van der Waals surface area contributed by atoms with Gasteiger partial charge < -0.3 is 15.3 Å². The number of rotatable bonds is 8. The number of hydrogen-bond donors (Lipinski definition) is 2. The number of carbonyl (C=O) groups excluding carboxylic acids is 1. The van der Waals surface area contributed by atoms with E-state index in [1.165, 1.54) is 68.9 Å². The van der Waals surface area contributed by atoms with E-state index in [1.54, 1.807) is 12.1 Å². The molecule has 8 atom stereocenters. The third-order valence-electron chi connectivity index (χ3n) is 16.4. The molecule has 1 aromatic carbocycles. The first-order valence-electron chi connectivity index (χ1n) is 20.0. The first-order chi connectivity index (χ1) is 24.0. The Balaban J connectivity index is 1.03. The smallest absolute Gasteiger partial charge is 0.335 e. The Bertz CT molecular complexity index is 1680. The Morgan fingerprint density at radius 2 is 1.61 bits per heavy atom. The third-order valence-corrected chi connectivity index (χ3v) is 18.0. The monoisotopic (exact) mass is 718 g/mol. The number of carboxylic acids is 1. The number of nitrogens with zero attached hydrogens (tertiary/aromatic N) is 1. The SMILES string of the molecule is CC1(C)C(c2ccc(C(=O)O)cc2)=CC[C@@]2(C)C1CC[C@]1(C)C2CC[C@@H]2[C@H]3CCC[C@]3(/C=C/C(=O)NCCCN3CCS(=O)(=O)CC3)CC[C@]21C. The highest BCUT2D eigenvalue weighted by Crippen LogP contribution is 2.77. The Labute approximate surface area is 307 Å². The summed E-state index contributed by atoms with van der Waals surface area (Å²) in [6.45, 7) is 15.5. The molecule has 7 nitrogen and oxygen atoms in total. The minimum absolute atomic E-state index is 0.00605. The molecule has 51 heavy (non-hydrogen) atoms. The van der Waals surface area contributed by atoms with Gasteiger partial charge in [0.2, 0.25) is 5.91 Å². The van der Waals surface area contributed by atoms with Gasteiger partial charge in [-0.05, 0) is 151 Å².